The number of hydrogen-bond donors (Lipinski definition) is 4. The van der Waals surface area contributed by atoms with Gasteiger partial charge in [-0.2, -0.15) is 0 Å². The quantitative estimate of drug-likeness (QED) is 0.173. The van der Waals surface area contributed by atoms with E-state index in [1.807, 2.05) is 13.8 Å². The molecule has 4 amide bonds. The predicted molar refractivity (Wildman–Crippen MR) is 132 cm³/mol. The molecule has 208 valence electrons. The number of rotatable bonds is 12. The highest BCUT2D eigenvalue weighted by Gasteiger charge is 2.34. The molecule has 0 spiro atoms. The number of nitrogens with one attached hydrogen (secondary N) is 3. The first-order valence-corrected chi connectivity index (χ1v) is 12.2. The molecule has 12 heteroatoms. The minimum absolute atomic E-state index is 0.0352. The van der Waals surface area contributed by atoms with Gasteiger partial charge in [0.25, 0.3) is 5.91 Å². The van der Waals surface area contributed by atoms with Crippen LogP contribution in [0.4, 0.5) is 4.79 Å². The van der Waals surface area contributed by atoms with Crippen LogP contribution < -0.4 is 16.0 Å². The lowest BCUT2D eigenvalue weighted by Gasteiger charge is -2.28. The number of hydrogen-bond acceptors (Lipinski definition) is 8. The Kier molecular flexibility index (Phi) is 13.4. The molecule has 0 heterocycles. The van der Waals surface area contributed by atoms with Gasteiger partial charge in [0.05, 0.1) is 6.61 Å². The van der Waals surface area contributed by atoms with Crippen molar-refractivity contribution in [2.24, 2.45) is 11.8 Å². The predicted octanol–water partition coefficient (Wildman–Crippen LogP) is 1.74. The van der Waals surface area contributed by atoms with Gasteiger partial charge in [0, 0.05) is 0 Å². The fourth-order valence-corrected chi connectivity index (χ4v) is 3.03. The summed E-state index contributed by atoms with van der Waals surface area (Å²) in [6.07, 6.45) is -0.504. The fraction of sp³-hybridized carbons (Fsp3) is 0.792. The molecule has 0 aliphatic carbocycles. The fourth-order valence-electron chi connectivity index (χ4n) is 3.03. The number of carbonyl (C=O) groups excluding carboxylic acids is 5. The summed E-state index contributed by atoms with van der Waals surface area (Å²) in [6.45, 7) is 16.6. The summed E-state index contributed by atoms with van der Waals surface area (Å²) in [5, 5.41) is 18.0. The van der Waals surface area contributed by atoms with Crippen LogP contribution in [0.5, 0.6) is 0 Å². The van der Waals surface area contributed by atoms with E-state index >= 15 is 0 Å². The first kappa shape index (κ1) is 33.1. The average Bonchev–Trinajstić information content (AvgIpc) is 2.73. The highest BCUT2D eigenvalue weighted by Crippen LogP contribution is 2.11. The lowest BCUT2D eigenvalue weighted by molar-refractivity contribution is -0.180. The molecule has 0 aromatic carbocycles. The molecule has 0 aliphatic rings. The lowest BCUT2D eigenvalue weighted by Crippen LogP contribution is -2.57. The van der Waals surface area contributed by atoms with Crippen molar-refractivity contribution >= 4 is 29.8 Å². The third-order valence-electron chi connectivity index (χ3n) is 4.92. The molecular weight excluding hydrogens is 472 g/mol. The van der Waals surface area contributed by atoms with Crippen LogP contribution in [0.3, 0.4) is 0 Å². The van der Waals surface area contributed by atoms with E-state index in [9.17, 15) is 29.2 Å². The molecule has 0 bridgehead atoms. The van der Waals surface area contributed by atoms with Crippen LogP contribution in [0.15, 0.2) is 0 Å². The van der Waals surface area contributed by atoms with Gasteiger partial charge < -0.3 is 25.4 Å². The molecule has 4 N–H and O–H groups in total. The monoisotopic (exact) mass is 516 g/mol. The Morgan fingerprint density at radius 1 is 0.889 bits per heavy atom. The van der Waals surface area contributed by atoms with Crippen LogP contribution >= 0.6 is 0 Å². The molecule has 0 aromatic heterocycles. The van der Waals surface area contributed by atoms with E-state index in [-0.39, 0.29) is 29.9 Å². The smallest absolute Gasteiger partial charge is 0.408 e. The van der Waals surface area contributed by atoms with E-state index in [0.717, 1.165) is 0 Å². The topological polar surface area (TPSA) is 163 Å². The van der Waals surface area contributed by atoms with Crippen molar-refractivity contribution in [3.63, 3.8) is 0 Å². The highest BCUT2D eigenvalue weighted by molar-refractivity contribution is 5.94. The van der Waals surface area contributed by atoms with Crippen molar-refractivity contribution in [2.45, 2.75) is 105 Å². The van der Waals surface area contributed by atoms with Gasteiger partial charge in [0.1, 0.15) is 29.8 Å². The Balaban J connectivity index is 5.28. The van der Waals surface area contributed by atoms with E-state index in [1.165, 1.54) is 13.8 Å². The molecule has 0 saturated heterocycles. The summed E-state index contributed by atoms with van der Waals surface area (Å²) in [7, 11) is 0. The number of carbonyl (C=O) groups is 5. The van der Waals surface area contributed by atoms with E-state index in [2.05, 4.69) is 16.0 Å². The Morgan fingerprint density at radius 2 is 1.44 bits per heavy atom. The third kappa shape index (κ3) is 11.7. The van der Waals surface area contributed by atoms with Gasteiger partial charge in [0.15, 0.2) is 0 Å². The van der Waals surface area contributed by atoms with Crippen LogP contribution in [0.25, 0.3) is 0 Å². The maximum Gasteiger partial charge on any atom is 0.408 e. The second-order valence-electron chi connectivity index (χ2n) is 10.4. The van der Waals surface area contributed by atoms with Crippen molar-refractivity contribution < 1.29 is 38.7 Å². The summed E-state index contributed by atoms with van der Waals surface area (Å²) in [5.41, 5.74) is -0.762. The van der Waals surface area contributed by atoms with Crippen LogP contribution in [-0.2, 0) is 28.7 Å². The molecule has 0 radical (unpaired) electrons. The SMILES string of the molecule is CCOC(=O)[C@@H](NC(=O)[C@@H](C)N(O)C(=O)[C@H](C)NC(=O)[C@H](CC(C)C)NC(=O)OC(C)(C)C)C(C)C. The van der Waals surface area contributed by atoms with Crippen molar-refractivity contribution in [1.29, 1.82) is 0 Å². The Hall–Kier alpha value is -2.89. The summed E-state index contributed by atoms with van der Waals surface area (Å²) in [4.78, 5) is 62.4. The minimum atomic E-state index is -1.36. The Morgan fingerprint density at radius 3 is 1.89 bits per heavy atom. The van der Waals surface area contributed by atoms with Crippen LogP contribution in [0.2, 0.25) is 0 Å². The number of hydroxylamine groups is 2. The molecular formula is C24H44N4O8. The molecule has 0 aliphatic heterocycles. The van der Waals surface area contributed by atoms with Crippen molar-refractivity contribution in [3.05, 3.63) is 0 Å². The zero-order valence-corrected chi connectivity index (χ0v) is 23.1. The van der Waals surface area contributed by atoms with Gasteiger partial charge in [0.2, 0.25) is 11.8 Å². The second-order valence-corrected chi connectivity index (χ2v) is 10.4. The molecule has 4 atom stereocenters. The van der Waals surface area contributed by atoms with Crippen LogP contribution in [0.1, 0.15) is 75.7 Å². The molecule has 0 saturated carbocycles. The molecule has 0 rings (SSSR count). The van der Waals surface area contributed by atoms with Crippen LogP contribution in [0, 0.1) is 11.8 Å². The molecule has 0 unspecified atom stereocenters. The summed E-state index contributed by atoms with van der Waals surface area (Å²) < 4.78 is 10.2. The maximum absolute atomic E-state index is 12.8. The standard InChI is InChI=1S/C24H44N4O8/c1-11-35-22(32)18(14(4)5)27-19(29)16(7)28(34)21(31)15(6)25-20(30)17(12-13(2)3)26-23(33)36-24(8,9)10/h13-18,34H,11-12H2,1-10H3,(H,25,30)(H,26,33)(H,27,29)/t15-,16+,17-,18-/m0/s1. The first-order chi connectivity index (χ1) is 16.4. The first-order valence-electron chi connectivity index (χ1n) is 12.2. The van der Waals surface area contributed by atoms with E-state index < -0.39 is 59.6 Å². The Labute approximate surface area is 213 Å². The number of esters is 1. The highest BCUT2D eigenvalue weighted by atomic mass is 16.6. The van der Waals surface area contributed by atoms with Gasteiger partial charge in [-0.05, 0) is 59.8 Å². The van der Waals surface area contributed by atoms with E-state index in [1.54, 1.807) is 41.5 Å². The molecule has 0 aromatic rings. The largest absolute Gasteiger partial charge is 0.464 e. The Bertz CT molecular complexity index is 779. The van der Waals surface area contributed by atoms with Gasteiger partial charge in [-0.25, -0.2) is 14.7 Å². The molecule has 12 nitrogen and oxygen atoms in total. The van der Waals surface area contributed by atoms with Crippen molar-refractivity contribution in [2.75, 3.05) is 6.61 Å². The number of nitrogens with zero attached hydrogens (tertiary/aromatic N) is 1. The molecule has 0 fully saturated rings. The zero-order chi connectivity index (χ0) is 28.4. The number of ether oxygens (including phenoxy) is 2. The van der Waals surface area contributed by atoms with E-state index in [0.29, 0.717) is 0 Å². The maximum atomic E-state index is 12.8. The average molecular weight is 517 g/mol. The normalized spacial score (nSPS) is 14.8. The van der Waals surface area contributed by atoms with Gasteiger partial charge >= 0.3 is 12.1 Å². The second kappa shape index (κ2) is 14.6. The summed E-state index contributed by atoms with van der Waals surface area (Å²) in [5.74, 6) is -3.27. The summed E-state index contributed by atoms with van der Waals surface area (Å²) in [6, 6.07) is -4.53. The van der Waals surface area contributed by atoms with E-state index in [4.69, 9.17) is 9.47 Å². The van der Waals surface area contributed by atoms with Gasteiger partial charge in [-0.3, -0.25) is 19.6 Å². The lowest BCUT2D eigenvalue weighted by atomic mass is 10.0. The minimum Gasteiger partial charge on any atom is -0.464 e. The van der Waals surface area contributed by atoms with Gasteiger partial charge in [-0.1, -0.05) is 27.7 Å². The number of amides is 4. The van der Waals surface area contributed by atoms with Crippen LogP contribution in [-0.4, -0.2) is 76.4 Å². The number of alkyl carbamates (subject to hydrolysis) is 1. The zero-order valence-electron chi connectivity index (χ0n) is 23.1. The van der Waals surface area contributed by atoms with Gasteiger partial charge in [-0.15, -0.1) is 0 Å². The molecule has 36 heavy (non-hydrogen) atoms. The third-order valence-corrected chi connectivity index (χ3v) is 4.92. The summed E-state index contributed by atoms with van der Waals surface area (Å²) >= 11 is 0. The van der Waals surface area contributed by atoms with Crippen molar-refractivity contribution in [1.82, 2.24) is 21.0 Å². The van der Waals surface area contributed by atoms with Crippen molar-refractivity contribution in [3.8, 4) is 0 Å².